The van der Waals surface area contributed by atoms with Crippen molar-refractivity contribution < 1.29 is 9.13 Å². The Hall–Kier alpha value is -2.01. The minimum absolute atomic E-state index is 0.0744. The second kappa shape index (κ2) is 7.04. The molecule has 2 aromatic heterocycles. The fraction of sp³-hybridized carbons (Fsp3) is 0.444. The standard InChI is InChI=1S/C18H22FN3O/c1-18(14-23-16-4-8-20-9-5-16)6-2-10-22(13-18)12-15-3-7-21-11-17(15)19/h3-5,7-9,11H,2,6,10,12-14H2,1H3. The first kappa shape index (κ1) is 15.9. The Labute approximate surface area is 136 Å². The maximum atomic E-state index is 13.8. The molecular formula is C18H22FN3O. The fourth-order valence-electron chi connectivity index (χ4n) is 3.15. The smallest absolute Gasteiger partial charge is 0.145 e. The van der Waals surface area contributed by atoms with Gasteiger partial charge in [-0.1, -0.05) is 6.92 Å². The summed E-state index contributed by atoms with van der Waals surface area (Å²) in [6, 6.07) is 5.50. The van der Waals surface area contributed by atoms with Crippen molar-refractivity contribution in [3.05, 3.63) is 54.4 Å². The van der Waals surface area contributed by atoms with Crippen LogP contribution in [0.5, 0.6) is 5.75 Å². The van der Waals surface area contributed by atoms with E-state index in [1.165, 1.54) is 6.20 Å². The van der Waals surface area contributed by atoms with Gasteiger partial charge in [-0.25, -0.2) is 4.39 Å². The summed E-state index contributed by atoms with van der Waals surface area (Å²) in [6.45, 7) is 5.42. The maximum Gasteiger partial charge on any atom is 0.145 e. The lowest BCUT2D eigenvalue weighted by Gasteiger charge is -2.40. The van der Waals surface area contributed by atoms with Crippen LogP contribution in [0.15, 0.2) is 43.0 Å². The molecule has 1 unspecified atom stereocenters. The van der Waals surface area contributed by atoms with Gasteiger partial charge in [-0.05, 0) is 37.6 Å². The first-order valence-corrected chi connectivity index (χ1v) is 7.98. The van der Waals surface area contributed by atoms with Gasteiger partial charge in [0.25, 0.3) is 0 Å². The van der Waals surface area contributed by atoms with Crippen LogP contribution in [0.2, 0.25) is 0 Å². The topological polar surface area (TPSA) is 38.2 Å². The number of nitrogens with zero attached hydrogens (tertiary/aromatic N) is 3. The molecule has 0 spiro atoms. The van der Waals surface area contributed by atoms with Gasteiger partial charge in [0.1, 0.15) is 11.6 Å². The third-order valence-electron chi connectivity index (χ3n) is 4.35. The van der Waals surface area contributed by atoms with E-state index in [1.54, 1.807) is 24.7 Å². The highest BCUT2D eigenvalue weighted by molar-refractivity contribution is 5.17. The summed E-state index contributed by atoms with van der Waals surface area (Å²) in [5.41, 5.74) is 0.782. The lowest BCUT2D eigenvalue weighted by Crippen LogP contribution is -2.44. The fourth-order valence-corrected chi connectivity index (χ4v) is 3.15. The zero-order chi connectivity index (χ0) is 16.1. The lowest BCUT2D eigenvalue weighted by molar-refractivity contribution is 0.0517. The van der Waals surface area contributed by atoms with Crippen molar-refractivity contribution in [1.82, 2.24) is 14.9 Å². The number of rotatable bonds is 5. The molecule has 3 rings (SSSR count). The van der Waals surface area contributed by atoms with Crippen LogP contribution in [0.3, 0.4) is 0 Å². The van der Waals surface area contributed by atoms with Crippen molar-refractivity contribution in [2.45, 2.75) is 26.3 Å². The SMILES string of the molecule is CC1(COc2ccncc2)CCCN(Cc2ccncc2F)C1. The first-order valence-electron chi connectivity index (χ1n) is 7.98. The van der Waals surface area contributed by atoms with E-state index in [0.29, 0.717) is 18.7 Å². The minimum atomic E-state index is -0.229. The number of halogens is 1. The predicted molar refractivity (Wildman–Crippen MR) is 86.5 cm³/mol. The zero-order valence-corrected chi connectivity index (χ0v) is 13.4. The summed E-state index contributed by atoms with van der Waals surface area (Å²) in [6.07, 6.45) is 8.61. The van der Waals surface area contributed by atoms with Gasteiger partial charge in [0.05, 0.1) is 12.8 Å². The number of hydrogen-bond donors (Lipinski definition) is 0. The van der Waals surface area contributed by atoms with E-state index in [4.69, 9.17) is 4.74 Å². The molecule has 5 heteroatoms. The van der Waals surface area contributed by atoms with Gasteiger partial charge in [0.2, 0.25) is 0 Å². The van der Waals surface area contributed by atoms with E-state index in [-0.39, 0.29) is 11.2 Å². The normalized spacial score (nSPS) is 22.0. The van der Waals surface area contributed by atoms with E-state index in [9.17, 15) is 4.39 Å². The summed E-state index contributed by atoms with van der Waals surface area (Å²) in [5, 5.41) is 0. The van der Waals surface area contributed by atoms with E-state index >= 15 is 0 Å². The van der Waals surface area contributed by atoms with Crippen LogP contribution < -0.4 is 4.74 Å². The van der Waals surface area contributed by atoms with Gasteiger partial charge in [-0.2, -0.15) is 0 Å². The van der Waals surface area contributed by atoms with Crippen molar-refractivity contribution in [2.24, 2.45) is 5.41 Å². The van der Waals surface area contributed by atoms with Gasteiger partial charge < -0.3 is 4.74 Å². The Balaban J connectivity index is 1.59. The van der Waals surface area contributed by atoms with Gasteiger partial charge in [-0.15, -0.1) is 0 Å². The van der Waals surface area contributed by atoms with E-state index < -0.39 is 0 Å². The molecule has 1 aliphatic rings. The molecule has 2 aromatic rings. The second-order valence-corrected chi connectivity index (χ2v) is 6.56. The predicted octanol–water partition coefficient (Wildman–Crippen LogP) is 3.30. The van der Waals surface area contributed by atoms with Gasteiger partial charge in [0, 0.05) is 42.7 Å². The molecule has 4 nitrogen and oxygen atoms in total. The van der Waals surface area contributed by atoms with Crippen LogP contribution in [0.1, 0.15) is 25.3 Å². The van der Waals surface area contributed by atoms with Crippen LogP contribution in [-0.2, 0) is 6.54 Å². The zero-order valence-electron chi connectivity index (χ0n) is 13.4. The van der Waals surface area contributed by atoms with Crippen molar-refractivity contribution in [2.75, 3.05) is 19.7 Å². The molecule has 0 N–H and O–H groups in total. The van der Waals surface area contributed by atoms with Gasteiger partial charge in [-0.3, -0.25) is 14.9 Å². The molecule has 0 radical (unpaired) electrons. The summed E-state index contributed by atoms with van der Waals surface area (Å²) in [7, 11) is 0. The number of pyridine rings is 2. The van der Waals surface area contributed by atoms with Crippen molar-refractivity contribution in [1.29, 1.82) is 0 Å². The Morgan fingerprint density at radius 2 is 2.00 bits per heavy atom. The van der Waals surface area contributed by atoms with E-state index in [1.807, 2.05) is 12.1 Å². The van der Waals surface area contributed by atoms with Gasteiger partial charge >= 0.3 is 0 Å². The molecule has 1 fully saturated rings. The van der Waals surface area contributed by atoms with Crippen molar-refractivity contribution in [3.63, 3.8) is 0 Å². The maximum absolute atomic E-state index is 13.8. The highest BCUT2D eigenvalue weighted by Crippen LogP contribution is 2.31. The molecule has 1 atom stereocenters. The summed E-state index contributed by atoms with van der Waals surface area (Å²) < 4.78 is 19.7. The summed E-state index contributed by atoms with van der Waals surface area (Å²) in [5.74, 6) is 0.617. The molecule has 122 valence electrons. The second-order valence-electron chi connectivity index (χ2n) is 6.56. The number of aromatic nitrogens is 2. The monoisotopic (exact) mass is 315 g/mol. The van der Waals surface area contributed by atoms with Crippen LogP contribution in [0, 0.1) is 11.2 Å². The molecule has 1 saturated heterocycles. The van der Waals surface area contributed by atoms with Crippen LogP contribution in [0.4, 0.5) is 4.39 Å². The molecule has 0 aromatic carbocycles. The quantitative estimate of drug-likeness (QED) is 0.848. The average Bonchev–Trinajstić information content (AvgIpc) is 2.56. The Morgan fingerprint density at radius 3 is 2.78 bits per heavy atom. The molecule has 1 aliphatic heterocycles. The molecule has 0 saturated carbocycles. The average molecular weight is 315 g/mol. The molecular weight excluding hydrogens is 293 g/mol. The number of piperidine rings is 1. The highest BCUT2D eigenvalue weighted by Gasteiger charge is 2.32. The Kier molecular flexibility index (Phi) is 4.86. The molecule has 3 heterocycles. The largest absolute Gasteiger partial charge is 0.493 e. The van der Waals surface area contributed by atoms with Crippen LogP contribution >= 0.6 is 0 Å². The van der Waals surface area contributed by atoms with E-state index in [0.717, 1.165) is 31.7 Å². The van der Waals surface area contributed by atoms with Crippen LogP contribution in [-0.4, -0.2) is 34.6 Å². The molecule has 0 bridgehead atoms. The van der Waals surface area contributed by atoms with Crippen molar-refractivity contribution in [3.8, 4) is 5.75 Å². The third kappa shape index (κ3) is 4.26. The Bertz CT molecular complexity index is 637. The molecule has 23 heavy (non-hydrogen) atoms. The van der Waals surface area contributed by atoms with E-state index in [2.05, 4.69) is 21.8 Å². The number of hydrogen-bond acceptors (Lipinski definition) is 4. The summed E-state index contributed by atoms with van der Waals surface area (Å²) in [4.78, 5) is 10.1. The van der Waals surface area contributed by atoms with Crippen LogP contribution in [0.25, 0.3) is 0 Å². The third-order valence-corrected chi connectivity index (χ3v) is 4.35. The highest BCUT2D eigenvalue weighted by atomic mass is 19.1. The molecule has 0 amide bonds. The first-order chi connectivity index (χ1) is 11.1. The minimum Gasteiger partial charge on any atom is -0.493 e. The lowest BCUT2D eigenvalue weighted by atomic mass is 9.82. The number of ether oxygens (including phenoxy) is 1. The van der Waals surface area contributed by atoms with Gasteiger partial charge in [0.15, 0.2) is 0 Å². The Morgan fingerprint density at radius 1 is 1.22 bits per heavy atom. The number of likely N-dealkylation sites (tertiary alicyclic amines) is 1. The van der Waals surface area contributed by atoms with Crippen molar-refractivity contribution >= 4 is 0 Å². The molecule has 0 aliphatic carbocycles. The summed E-state index contributed by atoms with van der Waals surface area (Å²) >= 11 is 0.